The van der Waals surface area contributed by atoms with Crippen molar-refractivity contribution in [1.29, 1.82) is 0 Å². The van der Waals surface area contributed by atoms with E-state index in [0.717, 1.165) is 0 Å². The number of nitrogens with two attached hydrogens (primary N) is 1. The summed E-state index contributed by atoms with van der Waals surface area (Å²) >= 11 is 11.9. The number of aryl methyl sites for hydroxylation is 1. The molecule has 1 atom stereocenters. The van der Waals surface area contributed by atoms with Crippen molar-refractivity contribution in [3.8, 4) is 5.75 Å². The van der Waals surface area contributed by atoms with Crippen molar-refractivity contribution < 1.29 is 23.8 Å². The molecule has 2 aromatic rings. The van der Waals surface area contributed by atoms with E-state index in [1.165, 1.54) is 5.56 Å². The predicted molar refractivity (Wildman–Crippen MR) is 143 cm³/mol. The maximum Gasteiger partial charge on any atom is 0.405 e. The topological polar surface area (TPSA) is 87.9 Å². The molecule has 6 nitrogen and oxygen atoms in total. The lowest BCUT2D eigenvalue weighted by Crippen LogP contribution is -2.34. The van der Waals surface area contributed by atoms with Crippen LogP contribution in [0.25, 0.3) is 0 Å². The van der Waals surface area contributed by atoms with Crippen LogP contribution in [0.1, 0.15) is 66.9 Å². The minimum atomic E-state index is -0.725. The van der Waals surface area contributed by atoms with Crippen molar-refractivity contribution in [2.45, 2.75) is 85.5 Å². The van der Waals surface area contributed by atoms with Crippen molar-refractivity contribution in [2.75, 3.05) is 0 Å². The van der Waals surface area contributed by atoms with Crippen molar-refractivity contribution in [3.63, 3.8) is 0 Å². The van der Waals surface area contributed by atoms with Gasteiger partial charge in [-0.15, -0.1) is 0 Å². The van der Waals surface area contributed by atoms with E-state index in [9.17, 15) is 9.59 Å². The van der Waals surface area contributed by atoms with Gasteiger partial charge in [-0.3, -0.25) is 4.79 Å². The monoisotopic (exact) mass is 527 g/mol. The number of benzene rings is 2. The van der Waals surface area contributed by atoms with Gasteiger partial charge < -0.3 is 19.9 Å². The molecule has 2 N–H and O–H groups in total. The largest absolute Gasteiger partial charge is 0.486 e. The summed E-state index contributed by atoms with van der Waals surface area (Å²) in [7, 11) is 0. The Balaban J connectivity index is 0.000000626. The van der Waals surface area contributed by atoms with Gasteiger partial charge in [0.1, 0.15) is 23.1 Å². The van der Waals surface area contributed by atoms with Crippen LogP contribution in [0, 0.1) is 6.92 Å². The molecule has 0 heterocycles. The molecule has 8 heteroatoms. The molecule has 1 unspecified atom stereocenters. The zero-order valence-electron chi connectivity index (χ0n) is 22.0. The average Bonchev–Trinajstić information content (AvgIpc) is 2.69. The molecule has 196 valence electrons. The fraction of sp³-hybridized carbons (Fsp3) is 0.481. The second-order valence-electron chi connectivity index (χ2n) is 9.48. The fourth-order valence-corrected chi connectivity index (χ4v) is 3.22. The molecule has 0 aromatic heterocycles. The van der Waals surface area contributed by atoms with E-state index in [1.54, 1.807) is 45.9 Å². The highest BCUT2D eigenvalue weighted by Gasteiger charge is 2.26. The molecule has 1 amide bonds. The minimum Gasteiger partial charge on any atom is -0.486 e. The van der Waals surface area contributed by atoms with E-state index in [4.69, 9.17) is 38.4 Å². The van der Waals surface area contributed by atoms with Crippen molar-refractivity contribution >= 4 is 35.3 Å². The fourth-order valence-electron chi connectivity index (χ4n) is 2.78. The van der Waals surface area contributed by atoms with Gasteiger partial charge >= 0.3 is 12.1 Å². The molecule has 0 aliphatic carbocycles. The van der Waals surface area contributed by atoms with Gasteiger partial charge in [0.15, 0.2) is 0 Å². The van der Waals surface area contributed by atoms with Crippen LogP contribution in [-0.4, -0.2) is 29.4 Å². The van der Waals surface area contributed by atoms with Crippen LogP contribution < -0.4 is 10.5 Å². The number of carbonyl (C=O) groups is 2. The molecule has 0 fully saturated rings. The molecule has 2 aromatic carbocycles. The Morgan fingerprint density at radius 3 is 1.94 bits per heavy atom. The molecule has 0 saturated heterocycles. The van der Waals surface area contributed by atoms with Crippen molar-refractivity contribution in [3.05, 3.63) is 64.1 Å². The highest BCUT2D eigenvalue weighted by atomic mass is 35.5. The van der Waals surface area contributed by atoms with Crippen LogP contribution in [0.2, 0.25) is 10.0 Å². The second-order valence-corrected chi connectivity index (χ2v) is 10.3. The van der Waals surface area contributed by atoms with Gasteiger partial charge in [0.05, 0.1) is 5.02 Å². The minimum absolute atomic E-state index is 0.210. The van der Waals surface area contributed by atoms with E-state index in [1.807, 2.05) is 39.0 Å². The second kappa shape index (κ2) is 15.5. The zero-order valence-corrected chi connectivity index (χ0v) is 23.5. The van der Waals surface area contributed by atoms with Gasteiger partial charge in [-0.2, -0.15) is 0 Å². The van der Waals surface area contributed by atoms with Crippen LogP contribution in [0.3, 0.4) is 0 Å². The maximum atomic E-state index is 11.3. The van der Waals surface area contributed by atoms with Crippen LogP contribution in [0.15, 0.2) is 48.5 Å². The summed E-state index contributed by atoms with van der Waals surface area (Å²) < 4.78 is 15.7. The first-order chi connectivity index (χ1) is 16.0. The van der Waals surface area contributed by atoms with Gasteiger partial charge in [-0.25, -0.2) is 4.79 Å². The lowest BCUT2D eigenvalue weighted by Gasteiger charge is -2.29. The number of ether oxygens (including phenoxy) is 3. The maximum absolute atomic E-state index is 11.3. The third-order valence-electron chi connectivity index (χ3n) is 4.03. The van der Waals surface area contributed by atoms with Crippen LogP contribution in [0.5, 0.6) is 5.75 Å². The Kier molecular flexibility index (Phi) is 14.5. The quantitative estimate of drug-likeness (QED) is 0.387. The van der Waals surface area contributed by atoms with Crippen LogP contribution in [0.4, 0.5) is 4.79 Å². The number of carbonyl (C=O) groups excluding carboxylic acids is 2. The Labute approximate surface area is 220 Å². The molecule has 0 bridgehead atoms. The Morgan fingerprint density at radius 1 is 1.00 bits per heavy atom. The predicted octanol–water partition coefficient (Wildman–Crippen LogP) is 7.76. The number of esters is 1. The van der Waals surface area contributed by atoms with Crippen LogP contribution in [-0.2, 0) is 14.3 Å². The van der Waals surface area contributed by atoms with Gasteiger partial charge in [-0.05, 0) is 66.7 Å². The number of amides is 1. The van der Waals surface area contributed by atoms with E-state index < -0.39 is 17.3 Å². The summed E-state index contributed by atoms with van der Waals surface area (Å²) in [5.74, 6) is 0.355. The first kappa shape index (κ1) is 32.6. The molecule has 0 saturated carbocycles. The highest BCUT2D eigenvalue weighted by Crippen LogP contribution is 2.32. The normalized spacial score (nSPS) is 11.6. The van der Waals surface area contributed by atoms with Crippen molar-refractivity contribution in [1.82, 2.24) is 0 Å². The summed E-state index contributed by atoms with van der Waals surface area (Å²) in [5.41, 5.74) is 5.08. The standard InChI is InChI=1S/C15H20Cl2O3.C7H8.C5H11NO2/c1-5-14(18)19-10(2)9-15(3,4)20-13-7-6-11(16)8-12(13)17;1-7-5-3-2-4-6-7;1-5(2,3)8-4(6)7/h6-8,10H,5,9H2,1-4H3;2-6H,1H3;1-3H3,(H2,6,7). The van der Waals surface area contributed by atoms with Gasteiger partial charge in [0.25, 0.3) is 0 Å². The average molecular weight is 529 g/mol. The number of halogens is 2. The molecule has 0 radical (unpaired) electrons. The van der Waals surface area contributed by atoms with E-state index >= 15 is 0 Å². The Bertz CT molecular complexity index is 912. The summed E-state index contributed by atoms with van der Waals surface area (Å²) in [6.45, 7) is 14.8. The van der Waals surface area contributed by atoms with Crippen LogP contribution >= 0.6 is 23.2 Å². The summed E-state index contributed by atoms with van der Waals surface area (Å²) in [6.07, 6.45) is -0.00666. The third kappa shape index (κ3) is 17.6. The lowest BCUT2D eigenvalue weighted by atomic mass is 10.0. The van der Waals surface area contributed by atoms with E-state index in [-0.39, 0.29) is 12.1 Å². The molecular formula is C27H39Cl2NO5. The molecule has 0 aliphatic rings. The number of hydrogen-bond donors (Lipinski definition) is 1. The molecular weight excluding hydrogens is 489 g/mol. The van der Waals surface area contributed by atoms with Gasteiger partial charge in [0, 0.05) is 17.9 Å². The molecule has 35 heavy (non-hydrogen) atoms. The lowest BCUT2D eigenvalue weighted by molar-refractivity contribution is -0.149. The van der Waals surface area contributed by atoms with Crippen molar-refractivity contribution in [2.24, 2.45) is 5.73 Å². The molecule has 2 rings (SSSR count). The molecule has 0 spiro atoms. The Hall–Kier alpha value is -2.44. The third-order valence-corrected chi connectivity index (χ3v) is 4.56. The molecule has 0 aliphatic heterocycles. The van der Waals surface area contributed by atoms with Gasteiger partial charge in [-0.1, -0.05) is 66.0 Å². The Morgan fingerprint density at radius 2 is 1.57 bits per heavy atom. The number of hydrogen-bond acceptors (Lipinski definition) is 5. The zero-order chi connectivity index (χ0) is 27.2. The van der Waals surface area contributed by atoms with E-state index in [0.29, 0.717) is 28.6 Å². The highest BCUT2D eigenvalue weighted by molar-refractivity contribution is 6.35. The first-order valence-corrected chi connectivity index (χ1v) is 12.1. The summed E-state index contributed by atoms with van der Waals surface area (Å²) in [6, 6.07) is 15.3. The first-order valence-electron chi connectivity index (χ1n) is 11.4. The number of primary amides is 1. The van der Waals surface area contributed by atoms with E-state index in [2.05, 4.69) is 23.8 Å². The summed E-state index contributed by atoms with van der Waals surface area (Å²) in [4.78, 5) is 21.3. The number of rotatable bonds is 6. The summed E-state index contributed by atoms with van der Waals surface area (Å²) in [5, 5.41) is 1.02. The smallest absolute Gasteiger partial charge is 0.405 e. The SMILES string of the molecule is CC(C)(C)OC(N)=O.CCC(=O)OC(C)CC(C)(C)Oc1ccc(Cl)cc1Cl.Cc1ccccc1. The van der Waals surface area contributed by atoms with Gasteiger partial charge in [0.2, 0.25) is 0 Å².